The first-order valence-corrected chi connectivity index (χ1v) is 7.97. The van der Waals surface area contributed by atoms with Crippen LogP contribution in [0.1, 0.15) is 49.4 Å². The monoisotopic (exact) mass is 355 g/mol. The van der Waals surface area contributed by atoms with Gasteiger partial charge in [0.2, 0.25) is 0 Å². The number of rotatable bonds is 4. The normalized spacial score (nSPS) is 21.8. The highest BCUT2D eigenvalue weighted by Crippen LogP contribution is 2.31. The molecule has 114 valence electrons. The first kappa shape index (κ1) is 15.9. The van der Waals surface area contributed by atoms with Crippen molar-refractivity contribution in [3.8, 4) is 0 Å². The first-order chi connectivity index (χ1) is 10.0. The molecule has 2 atom stereocenters. The van der Waals surface area contributed by atoms with Gasteiger partial charge in [0.1, 0.15) is 6.10 Å². The lowest BCUT2D eigenvalue weighted by Crippen LogP contribution is -2.29. The Hall–Kier alpha value is -1.43. The summed E-state index contributed by atoms with van der Waals surface area (Å²) in [4.78, 5) is 22.6. The Morgan fingerprint density at radius 2 is 2.14 bits per heavy atom. The van der Waals surface area contributed by atoms with E-state index in [-0.39, 0.29) is 17.4 Å². The van der Waals surface area contributed by atoms with Crippen LogP contribution in [0.3, 0.4) is 0 Å². The molecule has 0 aromatic heterocycles. The van der Waals surface area contributed by atoms with Gasteiger partial charge in [0.15, 0.2) is 0 Å². The van der Waals surface area contributed by atoms with Crippen LogP contribution in [0.15, 0.2) is 22.7 Å². The van der Waals surface area contributed by atoms with E-state index in [0.29, 0.717) is 10.4 Å². The maximum Gasteiger partial charge on any atom is 0.338 e. The topological polar surface area (TPSA) is 69.4 Å². The van der Waals surface area contributed by atoms with Crippen molar-refractivity contribution in [2.45, 2.75) is 45.1 Å². The summed E-state index contributed by atoms with van der Waals surface area (Å²) in [7, 11) is 0. The average molecular weight is 356 g/mol. The van der Waals surface area contributed by atoms with Gasteiger partial charge >= 0.3 is 5.97 Å². The third kappa shape index (κ3) is 3.81. The van der Waals surface area contributed by atoms with Crippen molar-refractivity contribution in [3.05, 3.63) is 38.3 Å². The van der Waals surface area contributed by atoms with E-state index in [1.54, 1.807) is 6.07 Å². The van der Waals surface area contributed by atoms with E-state index in [1.807, 2.05) is 0 Å². The number of nitro groups is 1. The number of ether oxygens (including phenoxy) is 1. The van der Waals surface area contributed by atoms with Crippen LogP contribution >= 0.6 is 15.9 Å². The summed E-state index contributed by atoms with van der Waals surface area (Å²) < 4.78 is 5.93. The van der Waals surface area contributed by atoms with Crippen LogP contribution < -0.4 is 0 Å². The molecule has 1 aliphatic rings. The summed E-state index contributed by atoms with van der Waals surface area (Å²) in [6.07, 6.45) is 5.11. The molecule has 1 aromatic carbocycles. The molecule has 0 saturated heterocycles. The van der Waals surface area contributed by atoms with E-state index in [0.717, 1.165) is 25.7 Å². The molecule has 0 N–H and O–H groups in total. The van der Waals surface area contributed by atoms with Crippen LogP contribution in [0.5, 0.6) is 0 Å². The molecule has 1 aromatic rings. The Kier molecular flexibility index (Phi) is 5.33. The number of carbonyl (C=O) groups excluding carboxylic acids is 1. The Balaban J connectivity index is 2.13. The molecule has 1 fully saturated rings. The van der Waals surface area contributed by atoms with Crippen molar-refractivity contribution >= 4 is 27.6 Å². The summed E-state index contributed by atoms with van der Waals surface area (Å²) in [6, 6.07) is 4.31. The minimum absolute atomic E-state index is 0.0704. The van der Waals surface area contributed by atoms with E-state index in [4.69, 9.17) is 4.74 Å². The Labute approximate surface area is 132 Å². The summed E-state index contributed by atoms with van der Waals surface area (Å²) in [6.45, 7) is 2.10. The number of halogens is 1. The van der Waals surface area contributed by atoms with Crippen LogP contribution in [0.25, 0.3) is 0 Å². The quantitative estimate of drug-likeness (QED) is 0.453. The highest BCUT2D eigenvalue weighted by Gasteiger charge is 2.28. The summed E-state index contributed by atoms with van der Waals surface area (Å²) >= 11 is 3.11. The second-order valence-corrected chi connectivity index (χ2v) is 6.17. The number of hydrogen-bond acceptors (Lipinski definition) is 4. The third-order valence-electron chi connectivity index (χ3n) is 4.00. The Bertz CT molecular complexity index is 546. The zero-order valence-corrected chi connectivity index (χ0v) is 13.5. The van der Waals surface area contributed by atoms with Crippen molar-refractivity contribution in [2.24, 2.45) is 5.92 Å². The molecule has 2 rings (SSSR count). The fraction of sp³-hybridized carbons (Fsp3) is 0.533. The molecule has 1 saturated carbocycles. The van der Waals surface area contributed by atoms with Crippen LogP contribution in [0.2, 0.25) is 0 Å². The van der Waals surface area contributed by atoms with Gasteiger partial charge in [-0.3, -0.25) is 10.1 Å². The van der Waals surface area contributed by atoms with Crippen molar-refractivity contribution in [3.63, 3.8) is 0 Å². The molecular weight excluding hydrogens is 338 g/mol. The lowest BCUT2D eigenvalue weighted by atomic mass is 9.85. The van der Waals surface area contributed by atoms with Gasteiger partial charge in [-0.1, -0.05) is 13.3 Å². The van der Waals surface area contributed by atoms with Crippen molar-refractivity contribution in [1.29, 1.82) is 0 Å². The molecule has 2 unspecified atom stereocenters. The van der Waals surface area contributed by atoms with E-state index in [2.05, 4.69) is 22.9 Å². The van der Waals surface area contributed by atoms with Gasteiger partial charge in [0, 0.05) is 6.07 Å². The molecule has 5 nitrogen and oxygen atoms in total. The van der Waals surface area contributed by atoms with Crippen LogP contribution in [-0.4, -0.2) is 17.0 Å². The maximum absolute atomic E-state index is 12.2. The predicted octanol–water partition coefficient (Wildman–Crippen LogP) is 4.48. The fourth-order valence-corrected chi connectivity index (χ4v) is 3.17. The predicted molar refractivity (Wildman–Crippen MR) is 82.2 cm³/mol. The molecule has 6 heteroatoms. The molecule has 21 heavy (non-hydrogen) atoms. The Morgan fingerprint density at radius 1 is 1.43 bits per heavy atom. The minimum atomic E-state index is -0.518. The van der Waals surface area contributed by atoms with Crippen LogP contribution in [0, 0.1) is 16.0 Å². The van der Waals surface area contributed by atoms with Crippen LogP contribution in [-0.2, 0) is 4.74 Å². The van der Waals surface area contributed by atoms with Gasteiger partial charge in [-0.25, -0.2) is 4.79 Å². The van der Waals surface area contributed by atoms with Crippen LogP contribution in [0.4, 0.5) is 5.69 Å². The summed E-state index contributed by atoms with van der Waals surface area (Å²) in [5.74, 6) is -0.0796. The molecule has 0 radical (unpaired) electrons. The lowest BCUT2D eigenvalue weighted by Gasteiger charge is -2.30. The first-order valence-electron chi connectivity index (χ1n) is 7.17. The molecule has 0 spiro atoms. The number of benzene rings is 1. The zero-order valence-electron chi connectivity index (χ0n) is 11.9. The smallest absolute Gasteiger partial charge is 0.338 e. The molecule has 1 aliphatic carbocycles. The van der Waals surface area contributed by atoms with E-state index in [9.17, 15) is 14.9 Å². The standard InChI is InChI=1S/C15H18BrNO4/c1-2-10-5-3-4-6-14(10)21-15(18)11-7-8-12(16)13(9-11)17(19)20/h7-10,14H,2-6H2,1H3. The lowest BCUT2D eigenvalue weighted by molar-refractivity contribution is -0.385. The second-order valence-electron chi connectivity index (χ2n) is 5.32. The maximum atomic E-state index is 12.2. The van der Waals surface area contributed by atoms with Gasteiger partial charge in [0.05, 0.1) is 15.0 Å². The summed E-state index contributed by atoms with van der Waals surface area (Å²) in [5.41, 5.74) is 0.102. The van der Waals surface area contributed by atoms with Crippen molar-refractivity contribution in [2.75, 3.05) is 0 Å². The molecule has 0 bridgehead atoms. The zero-order chi connectivity index (χ0) is 15.4. The van der Waals surface area contributed by atoms with Gasteiger partial charge < -0.3 is 4.74 Å². The summed E-state index contributed by atoms with van der Waals surface area (Å²) in [5, 5.41) is 10.9. The largest absolute Gasteiger partial charge is 0.458 e. The average Bonchev–Trinajstić information content (AvgIpc) is 2.47. The van der Waals surface area contributed by atoms with E-state index in [1.165, 1.54) is 18.6 Å². The van der Waals surface area contributed by atoms with E-state index >= 15 is 0 Å². The number of nitro benzene ring substituents is 1. The van der Waals surface area contributed by atoms with Crippen molar-refractivity contribution in [1.82, 2.24) is 0 Å². The molecule has 0 aliphatic heterocycles. The SMILES string of the molecule is CCC1CCCCC1OC(=O)c1ccc(Br)c([N+](=O)[O-])c1. The van der Waals surface area contributed by atoms with Crippen molar-refractivity contribution < 1.29 is 14.5 Å². The van der Waals surface area contributed by atoms with Gasteiger partial charge in [-0.2, -0.15) is 0 Å². The highest BCUT2D eigenvalue weighted by molar-refractivity contribution is 9.10. The number of hydrogen-bond donors (Lipinski definition) is 0. The van der Waals surface area contributed by atoms with E-state index < -0.39 is 10.9 Å². The minimum Gasteiger partial charge on any atom is -0.458 e. The highest BCUT2D eigenvalue weighted by atomic mass is 79.9. The fourth-order valence-electron chi connectivity index (χ4n) is 2.78. The van der Waals surface area contributed by atoms with Gasteiger partial charge in [-0.05, 0) is 59.7 Å². The van der Waals surface area contributed by atoms with Gasteiger partial charge in [0.25, 0.3) is 5.69 Å². The number of carbonyl (C=O) groups is 1. The Morgan fingerprint density at radius 3 is 2.81 bits per heavy atom. The third-order valence-corrected chi connectivity index (χ3v) is 4.67. The number of nitrogens with zero attached hydrogens (tertiary/aromatic N) is 1. The van der Waals surface area contributed by atoms with Gasteiger partial charge in [-0.15, -0.1) is 0 Å². The molecule has 0 amide bonds. The second kappa shape index (κ2) is 7.02. The number of esters is 1. The molecular formula is C15H18BrNO4. The molecule has 0 heterocycles.